The molecule has 0 aromatic heterocycles. The van der Waals surface area contributed by atoms with Gasteiger partial charge in [0.25, 0.3) is 0 Å². The van der Waals surface area contributed by atoms with E-state index in [0.29, 0.717) is 0 Å². The van der Waals surface area contributed by atoms with Crippen molar-refractivity contribution in [1.29, 1.82) is 0 Å². The Kier molecular flexibility index (Phi) is 2.92. The summed E-state index contributed by atoms with van der Waals surface area (Å²) in [6, 6.07) is 0.724. The number of piperidine rings is 1. The first-order valence-corrected chi connectivity index (χ1v) is 6.23. The summed E-state index contributed by atoms with van der Waals surface area (Å²) in [7, 11) is 0. The highest BCUT2D eigenvalue weighted by molar-refractivity contribution is 4.90. The SMILES string of the molecule is C1CN(NC2CCN3CCC2C3)CCO1. The second kappa shape index (κ2) is 4.37. The van der Waals surface area contributed by atoms with Gasteiger partial charge in [-0.1, -0.05) is 0 Å². The zero-order chi connectivity index (χ0) is 10.1. The molecule has 3 heterocycles. The number of ether oxygens (including phenoxy) is 1. The standard InChI is InChI=1S/C11H21N3O/c1-3-13-4-2-11(10(1)9-13)12-14-5-7-15-8-6-14/h10-12H,1-9H2. The number of hydrogen-bond acceptors (Lipinski definition) is 4. The zero-order valence-electron chi connectivity index (χ0n) is 9.32. The van der Waals surface area contributed by atoms with E-state index in [4.69, 9.17) is 4.74 Å². The second-order valence-corrected chi connectivity index (χ2v) is 4.97. The molecule has 3 fully saturated rings. The first-order valence-electron chi connectivity index (χ1n) is 6.23. The van der Waals surface area contributed by atoms with Gasteiger partial charge >= 0.3 is 0 Å². The average molecular weight is 211 g/mol. The molecule has 0 aromatic rings. The summed E-state index contributed by atoms with van der Waals surface area (Å²) in [5.41, 5.74) is 3.71. The summed E-state index contributed by atoms with van der Waals surface area (Å²) in [5.74, 6) is 0.890. The lowest BCUT2D eigenvalue weighted by molar-refractivity contribution is -0.00593. The molecule has 0 radical (unpaired) electrons. The molecule has 3 aliphatic heterocycles. The summed E-state index contributed by atoms with van der Waals surface area (Å²) in [4.78, 5) is 2.60. The molecule has 4 heteroatoms. The summed E-state index contributed by atoms with van der Waals surface area (Å²) in [5, 5.41) is 2.36. The van der Waals surface area contributed by atoms with E-state index < -0.39 is 0 Å². The van der Waals surface area contributed by atoms with Crippen LogP contribution in [0.4, 0.5) is 0 Å². The van der Waals surface area contributed by atoms with Gasteiger partial charge in [-0.25, -0.2) is 5.01 Å². The first-order chi connectivity index (χ1) is 7.42. The van der Waals surface area contributed by atoms with Crippen LogP contribution in [0.5, 0.6) is 0 Å². The van der Waals surface area contributed by atoms with Crippen LogP contribution >= 0.6 is 0 Å². The monoisotopic (exact) mass is 211 g/mol. The number of fused-ring (bicyclic) bond motifs is 2. The van der Waals surface area contributed by atoms with Gasteiger partial charge in [-0.3, -0.25) is 5.43 Å². The van der Waals surface area contributed by atoms with Crippen molar-refractivity contribution in [3.8, 4) is 0 Å². The highest BCUT2D eigenvalue weighted by Gasteiger charge is 2.34. The van der Waals surface area contributed by atoms with Gasteiger partial charge in [0.05, 0.1) is 13.2 Å². The molecule has 86 valence electrons. The van der Waals surface area contributed by atoms with Gasteiger partial charge in [0.2, 0.25) is 0 Å². The number of nitrogens with zero attached hydrogens (tertiary/aromatic N) is 2. The van der Waals surface area contributed by atoms with Crippen LogP contribution in [0.2, 0.25) is 0 Å². The lowest BCUT2D eigenvalue weighted by Gasteiger charge is -2.37. The largest absolute Gasteiger partial charge is 0.379 e. The Labute approximate surface area is 91.5 Å². The molecule has 0 aromatic carbocycles. The lowest BCUT2D eigenvalue weighted by Crippen LogP contribution is -2.54. The average Bonchev–Trinajstić information content (AvgIpc) is 2.67. The van der Waals surface area contributed by atoms with E-state index in [1.165, 1.54) is 32.5 Å². The van der Waals surface area contributed by atoms with Gasteiger partial charge in [0, 0.05) is 25.7 Å². The number of hydrazine groups is 1. The predicted molar refractivity (Wildman–Crippen MR) is 58.5 cm³/mol. The Morgan fingerprint density at radius 1 is 1.00 bits per heavy atom. The van der Waals surface area contributed by atoms with Crippen LogP contribution in [0.1, 0.15) is 12.8 Å². The zero-order valence-corrected chi connectivity index (χ0v) is 9.32. The van der Waals surface area contributed by atoms with Crippen LogP contribution in [0, 0.1) is 5.92 Å². The summed E-state index contributed by atoms with van der Waals surface area (Å²) in [6.07, 6.45) is 2.71. The molecular weight excluding hydrogens is 190 g/mol. The number of rotatable bonds is 2. The number of nitrogens with one attached hydrogen (secondary N) is 1. The molecule has 0 saturated carbocycles. The van der Waals surface area contributed by atoms with Crippen molar-refractivity contribution in [3.63, 3.8) is 0 Å². The summed E-state index contributed by atoms with van der Waals surface area (Å²) < 4.78 is 5.36. The van der Waals surface area contributed by atoms with Crippen molar-refractivity contribution in [2.45, 2.75) is 18.9 Å². The minimum absolute atomic E-state index is 0.724. The maximum absolute atomic E-state index is 5.36. The van der Waals surface area contributed by atoms with E-state index in [-0.39, 0.29) is 0 Å². The molecule has 3 rings (SSSR count). The Morgan fingerprint density at radius 3 is 2.67 bits per heavy atom. The fourth-order valence-corrected chi connectivity index (χ4v) is 3.05. The minimum atomic E-state index is 0.724. The molecule has 2 bridgehead atoms. The van der Waals surface area contributed by atoms with E-state index in [1.807, 2.05) is 0 Å². The Hall–Kier alpha value is -0.160. The predicted octanol–water partition coefficient (Wildman–Crippen LogP) is -0.0826. The van der Waals surface area contributed by atoms with Crippen molar-refractivity contribution >= 4 is 0 Å². The number of morpholine rings is 1. The Balaban J connectivity index is 1.53. The van der Waals surface area contributed by atoms with Gasteiger partial charge in [0.1, 0.15) is 0 Å². The molecule has 4 nitrogen and oxygen atoms in total. The fourth-order valence-electron chi connectivity index (χ4n) is 3.05. The van der Waals surface area contributed by atoms with Crippen molar-refractivity contribution in [3.05, 3.63) is 0 Å². The van der Waals surface area contributed by atoms with E-state index in [1.54, 1.807) is 0 Å². The lowest BCUT2D eigenvalue weighted by atomic mass is 9.95. The first kappa shape index (κ1) is 10.0. The van der Waals surface area contributed by atoms with Crippen LogP contribution in [-0.4, -0.2) is 61.9 Å². The molecule has 1 N–H and O–H groups in total. The molecule has 3 atom stereocenters. The van der Waals surface area contributed by atoms with Gasteiger partial charge in [-0.05, 0) is 31.8 Å². The maximum Gasteiger partial charge on any atom is 0.0608 e. The van der Waals surface area contributed by atoms with Crippen LogP contribution in [0.15, 0.2) is 0 Å². The van der Waals surface area contributed by atoms with E-state index in [9.17, 15) is 0 Å². The van der Waals surface area contributed by atoms with Crippen LogP contribution in [0.25, 0.3) is 0 Å². The van der Waals surface area contributed by atoms with Crippen molar-refractivity contribution in [1.82, 2.24) is 15.3 Å². The maximum atomic E-state index is 5.36. The molecule has 0 spiro atoms. The number of hydrogen-bond donors (Lipinski definition) is 1. The van der Waals surface area contributed by atoms with Crippen LogP contribution in [-0.2, 0) is 4.74 Å². The Bertz CT molecular complexity index is 218. The molecule has 0 aliphatic carbocycles. The van der Waals surface area contributed by atoms with Gasteiger partial charge in [-0.2, -0.15) is 0 Å². The topological polar surface area (TPSA) is 27.7 Å². The van der Waals surface area contributed by atoms with Gasteiger partial charge in [0.15, 0.2) is 0 Å². The highest BCUT2D eigenvalue weighted by Crippen LogP contribution is 2.27. The molecule has 15 heavy (non-hydrogen) atoms. The summed E-state index contributed by atoms with van der Waals surface area (Å²) >= 11 is 0. The van der Waals surface area contributed by atoms with Crippen LogP contribution in [0.3, 0.4) is 0 Å². The third kappa shape index (κ3) is 2.18. The molecule has 3 aliphatic rings. The fraction of sp³-hybridized carbons (Fsp3) is 1.00. The van der Waals surface area contributed by atoms with Crippen molar-refractivity contribution in [2.24, 2.45) is 5.92 Å². The van der Waals surface area contributed by atoms with Gasteiger partial charge < -0.3 is 9.64 Å². The Morgan fingerprint density at radius 2 is 1.80 bits per heavy atom. The molecule has 3 unspecified atom stereocenters. The molecular formula is C11H21N3O. The summed E-state index contributed by atoms with van der Waals surface area (Å²) in [6.45, 7) is 7.80. The van der Waals surface area contributed by atoms with Gasteiger partial charge in [-0.15, -0.1) is 0 Å². The smallest absolute Gasteiger partial charge is 0.0608 e. The minimum Gasteiger partial charge on any atom is -0.379 e. The third-order valence-electron chi connectivity index (χ3n) is 3.99. The molecule has 3 saturated heterocycles. The normalized spacial score (nSPS) is 42.0. The quantitative estimate of drug-likeness (QED) is 0.691. The second-order valence-electron chi connectivity index (χ2n) is 4.97. The van der Waals surface area contributed by atoms with E-state index >= 15 is 0 Å². The van der Waals surface area contributed by atoms with Crippen molar-refractivity contribution in [2.75, 3.05) is 45.9 Å². The molecule has 0 amide bonds. The van der Waals surface area contributed by atoms with E-state index in [2.05, 4.69) is 15.3 Å². The van der Waals surface area contributed by atoms with Crippen molar-refractivity contribution < 1.29 is 4.74 Å². The third-order valence-corrected chi connectivity index (χ3v) is 3.99. The van der Waals surface area contributed by atoms with Crippen LogP contribution < -0.4 is 5.43 Å². The van der Waals surface area contributed by atoms with E-state index in [0.717, 1.165) is 38.3 Å². The highest BCUT2D eigenvalue weighted by atomic mass is 16.5.